The van der Waals surface area contributed by atoms with E-state index in [2.05, 4.69) is 4.74 Å². The van der Waals surface area contributed by atoms with Crippen LogP contribution >= 0.6 is 0 Å². The van der Waals surface area contributed by atoms with Crippen LogP contribution in [0.1, 0.15) is 32.4 Å². The lowest BCUT2D eigenvalue weighted by atomic mass is 10.0. The van der Waals surface area contributed by atoms with E-state index in [0.717, 1.165) is 6.08 Å². The number of rotatable bonds is 9. The van der Waals surface area contributed by atoms with E-state index in [4.69, 9.17) is 14.9 Å². The zero-order valence-electron chi connectivity index (χ0n) is 21.0. The van der Waals surface area contributed by atoms with Crippen LogP contribution in [0.15, 0.2) is 66.7 Å². The Labute approximate surface area is 220 Å². The molecule has 0 aromatic heterocycles. The van der Waals surface area contributed by atoms with Crippen LogP contribution in [0.3, 0.4) is 0 Å². The molecular formula is C27H25F6NO5. The lowest BCUT2D eigenvalue weighted by molar-refractivity contribution is -0.312. The zero-order valence-corrected chi connectivity index (χ0v) is 21.0. The number of carbonyl (C=O) groups excluding carboxylic acids is 2. The van der Waals surface area contributed by atoms with Gasteiger partial charge in [0.2, 0.25) is 0 Å². The Morgan fingerprint density at radius 3 is 2.08 bits per heavy atom. The Bertz CT molecular complexity index is 1230. The standard InChI is InChI=1S/C27H25F6NO5/c1-15(34)22(16-8-7-11-18(14-16)37-17-9-5-4-6-10-17)39-23(36)21-19(25(21,2)3)12-13-20(35)38-24(26(28,29)30)27(31,32)33/h4-14,19,21-22,24,34H,1-3H3/b13-12-,34-15?/t19-,21-,22+/m0/s1. The van der Waals surface area contributed by atoms with Gasteiger partial charge in [0, 0.05) is 11.6 Å². The molecule has 0 spiro atoms. The minimum Gasteiger partial charge on any atom is -0.457 e. The molecule has 1 N–H and O–H groups in total. The van der Waals surface area contributed by atoms with Crippen molar-refractivity contribution in [2.24, 2.45) is 17.3 Å². The van der Waals surface area contributed by atoms with E-state index < -0.39 is 53.7 Å². The highest BCUT2D eigenvalue weighted by Gasteiger charge is 2.62. The van der Waals surface area contributed by atoms with Gasteiger partial charge in [0.25, 0.3) is 6.10 Å². The fourth-order valence-corrected chi connectivity index (χ4v) is 4.11. The maximum atomic E-state index is 13.0. The van der Waals surface area contributed by atoms with Gasteiger partial charge in [-0.1, -0.05) is 50.3 Å². The summed E-state index contributed by atoms with van der Waals surface area (Å²) in [4.78, 5) is 24.7. The highest BCUT2D eigenvalue weighted by Crippen LogP contribution is 2.60. The number of para-hydroxylation sites is 1. The summed E-state index contributed by atoms with van der Waals surface area (Å²) in [7, 11) is 0. The van der Waals surface area contributed by atoms with E-state index >= 15 is 0 Å². The van der Waals surface area contributed by atoms with E-state index in [1.165, 1.54) is 6.92 Å². The summed E-state index contributed by atoms with van der Waals surface area (Å²) in [6, 6.07) is 15.5. The molecule has 2 aromatic carbocycles. The summed E-state index contributed by atoms with van der Waals surface area (Å²) in [6.45, 7) is 4.67. The van der Waals surface area contributed by atoms with Crippen LogP contribution in [0.2, 0.25) is 0 Å². The number of benzene rings is 2. The summed E-state index contributed by atoms with van der Waals surface area (Å²) in [5.74, 6) is -3.20. The van der Waals surface area contributed by atoms with Crippen LogP contribution in [-0.2, 0) is 19.1 Å². The Morgan fingerprint density at radius 1 is 0.923 bits per heavy atom. The molecule has 0 radical (unpaired) electrons. The van der Waals surface area contributed by atoms with Crippen molar-refractivity contribution < 1.29 is 50.1 Å². The normalized spacial score (nSPS) is 19.4. The van der Waals surface area contributed by atoms with Crippen molar-refractivity contribution in [3.63, 3.8) is 0 Å². The van der Waals surface area contributed by atoms with Gasteiger partial charge in [-0.15, -0.1) is 0 Å². The Morgan fingerprint density at radius 2 is 1.51 bits per heavy atom. The third-order valence-electron chi connectivity index (χ3n) is 6.20. The van der Waals surface area contributed by atoms with Crippen molar-refractivity contribution in [1.82, 2.24) is 0 Å². The molecule has 6 nitrogen and oxygen atoms in total. The molecule has 2 aromatic rings. The molecule has 3 rings (SSSR count). The highest BCUT2D eigenvalue weighted by molar-refractivity contribution is 5.89. The fraction of sp³-hybridized carbons (Fsp3) is 0.370. The van der Waals surface area contributed by atoms with Gasteiger partial charge in [-0.3, -0.25) is 4.79 Å². The minimum absolute atomic E-state index is 0.000296. The van der Waals surface area contributed by atoms with Crippen LogP contribution in [0, 0.1) is 22.7 Å². The number of carbonyl (C=O) groups is 2. The van der Waals surface area contributed by atoms with E-state index in [0.29, 0.717) is 23.1 Å². The Hall–Kier alpha value is -3.83. The number of hydrogen-bond donors (Lipinski definition) is 1. The van der Waals surface area contributed by atoms with E-state index in [1.54, 1.807) is 62.4 Å². The second-order valence-corrected chi connectivity index (χ2v) is 9.57. The lowest BCUT2D eigenvalue weighted by Crippen LogP contribution is -2.45. The SMILES string of the molecule is CC(=N)[C@@H](OC(=O)[C@@H]1[C@H](/C=C\C(=O)OC(C(F)(F)F)C(F)(F)F)C1(C)C)c1cccc(Oc2ccccc2)c1. The largest absolute Gasteiger partial charge is 0.457 e. The first-order valence-electron chi connectivity index (χ1n) is 11.6. The van der Waals surface area contributed by atoms with Crippen molar-refractivity contribution >= 4 is 17.7 Å². The molecule has 0 heterocycles. The minimum atomic E-state index is -5.84. The van der Waals surface area contributed by atoms with Crippen molar-refractivity contribution in [2.75, 3.05) is 0 Å². The number of hydrogen-bond acceptors (Lipinski definition) is 6. The topological polar surface area (TPSA) is 85.7 Å². The lowest BCUT2D eigenvalue weighted by Gasteiger charge is -2.22. The summed E-state index contributed by atoms with van der Waals surface area (Å²) < 4.78 is 90.8. The van der Waals surface area contributed by atoms with Crippen molar-refractivity contribution in [3.8, 4) is 11.5 Å². The van der Waals surface area contributed by atoms with E-state index in [9.17, 15) is 35.9 Å². The van der Waals surface area contributed by atoms with Crippen molar-refractivity contribution in [3.05, 3.63) is 72.3 Å². The van der Waals surface area contributed by atoms with Crippen molar-refractivity contribution in [1.29, 1.82) is 5.41 Å². The van der Waals surface area contributed by atoms with Crippen LogP contribution < -0.4 is 4.74 Å². The number of ether oxygens (including phenoxy) is 3. The monoisotopic (exact) mass is 557 g/mol. The zero-order chi connectivity index (χ0) is 29.2. The first-order chi connectivity index (χ1) is 18.0. The van der Waals surface area contributed by atoms with Gasteiger partial charge in [-0.25, -0.2) is 4.79 Å². The van der Waals surface area contributed by atoms with E-state index in [-0.39, 0.29) is 5.71 Å². The number of nitrogens with one attached hydrogen (secondary N) is 1. The third-order valence-corrected chi connectivity index (χ3v) is 6.20. The maximum absolute atomic E-state index is 13.0. The molecule has 0 bridgehead atoms. The quantitative estimate of drug-likeness (QED) is 0.156. The molecule has 0 amide bonds. The van der Waals surface area contributed by atoms with Gasteiger partial charge in [-0.05, 0) is 42.5 Å². The maximum Gasteiger partial charge on any atom is 0.434 e. The second-order valence-electron chi connectivity index (χ2n) is 9.57. The molecule has 1 saturated carbocycles. The first kappa shape index (κ1) is 29.7. The predicted molar refractivity (Wildman–Crippen MR) is 127 cm³/mol. The third kappa shape index (κ3) is 7.39. The molecule has 39 heavy (non-hydrogen) atoms. The van der Waals surface area contributed by atoms with Gasteiger partial charge in [0.15, 0.2) is 6.10 Å². The van der Waals surface area contributed by atoms with Gasteiger partial charge in [-0.2, -0.15) is 26.3 Å². The smallest absolute Gasteiger partial charge is 0.434 e. The van der Waals surface area contributed by atoms with E-state index in [1.807, 2.05) is 6.07 Å². The molecule has 3 atom stereocenters. The second kappa shape index (κ2) is 11.1. The van der Waals surface area contributed by atoms with Crippen LogP contribution in [0.4, 0.5) is 26.3 Å². The molecule has 1 fully saturated rings. The van der Waals surface area contributed by atoms with Gasteiger partial charge < -0.3 is 19.6 Å². The summed E-state index contributed by atoms with van der Waals surface area (Å²) in [5, 5.41) is 8.11. The molecule has 12 heteroatoms. The molecule has 1 aliphatic carbocycles. The van der Waals surface area contributed by atoms with Gasteiger partial charge in [0.1, 0.15) is 11.5 Å². The van der Waals surface area contributed by atoms with Crippen LogP contribution in [0.25, 0.3) is 0 Å². The molecule has 0 aliphatic heterocycles. The molecule has 0 saturated heterocycles. The number of allylic oxidation sites excluding steroid dienone is 1. The summed E-state index contributed by atoms with van der Waals surface area (Å²) in [6.07, 6.45) is -15.6. The van der Waals surface area contributed by atoms with Crippen LogP contribution in [0.5, 0.6) is 11.5 Å². The number of esters is 2. The number of alkyl halides is 6. The van der Waals surface area contributed by atoms with Gasteiger partial charge in [0.05, 0.1) is 11.6 Å². The average molecular weight is 557 g/mol. The Balaban J connectivity index is 1.69. The number of halogens is 6. The molecular weight excluding hydrogens is 532 g/mol. The fourth-order valence-electron chi connectivity index (χ4n) is 4.11. The first-order valence-corrected chi connectivity index (χ1v) is 11.6. The molecule has 210 valence electrons. The predicted octanol–water partition coefficient (Wildman–Crippen LogP) is 6.97. The van der Waals surface area contributed by atoms with Gasteiger partial charge >= 0.3 is 24.3 Å². The highest BCUT2D eigenvalue weighted by atomic mass is 19.4. The summed E-state index contributed by atoms with van der Waals surface area (Å²) in [5.41, 5.74) is -0.372. The summed E-state index contributed by atoms with van der Waals surface area (Å²) >= 11 is 0. The average Bonchev–Trinajstić information content (AvgIpc) is 3.38. The van der Waals surface area contributed by atoms with Crippen molar-refractivity contribution in [2.45, 2.75) is 45.3 Å². The molecule has 0 unspecified atom stereocenters. The molecule has 1 aliphatic rings. The van der Waals surface area contributed by atoms with Crippen LogP contribution in [-0.4, -0.2) is 36.1 Å². The Kier molecular flexibility index (Phi) is 8.47.